The van der Waals surface area contributed by atoms with E-state index in [0.29, 0.717) is 5.92 Å². The number of nitrogens with zero attached hydrogens (tertiary/aromatic N) is 4. The predicted molar refractivity (Wildman–Crippen MR) is 208 cm³/mol. The molecule has 5 heteroatoms. The van der Waals surface area contributed by atoms with Crippen LogP contribution in [-0.4, -0.2) is 19.3 Å². The van der Waals surface area contributed by atoms with E-state index in [4.69, 9.17) is 14.8 Å². The van der Waals surface area contributed by atoms with Crippen LogP contribution in [0.2, 0.25) is 0 Å². The van der Waals surface area contributed by atoms with Gasteiger partial charge in [-0.1, -0.05) is 90.4 Å². The maximum atomic E-state index is 6.77. The third-order valence-corrected chi connectivity index (χ3v) is 10.1. The smallest absolute Gasteiger partial charge is 0.137 e. The molecule has 7 aromatic rings. The Kier molecular flexibility index (Phi) is 9.58. The van der Waals surface area contributed by atoms with E-state index < -0.39 is 0 Å². The van der Waals surface area contributed by atoms with Gasteiger partial charge in [-0.25, -0.2) is 9.67 Å². The van der Waals surface area contributed by atoms with Crippen molar-refractivity contribution in [3.05, 3.63) is 131 Å². The molecule has 0 saturated heterocycles. The Labute approximate surface area is 296 Å². The van der Waals surface area contributed by atoms with Crippen LogP contribution in [0.4, 0.5) is 0 Å². The van der Waals surface area contributed by atoms with Gasteiger partial charge >= 0.3 is 0 Å². The van der Waals surface area contributed by atoms with Crippen molar-refractivity contribution in [2.24, 2.45) is 0 Å². The molecule has 1 atom stereocenters. The van der Waals surface area contributed by atoms with Crippen molar-refractivity contribution >= 4 is 21.8 Å². The summed E-state index contributed by atoms with van der Waals surface area (Å²) in [4.78, 5) is 4.81. The highest BCUT2D eigenvalue weighted by molar-refractivity contribution is 6.09. The second-order valence-corrected chi connectivity index (χ2v) is 13.4. The number of benzene rings is 4. The van der Waals surface area contributed by atoms with Gasteiger partial charge in [0.15, 0.2) is 0 Å². The van der Waals surface area contributed by atoms with Gasteiger partial charge in [-0.3, -0.25) is 4.57 Å². The van der Waals surface area contributed by atoms with Crippen molar-refractivity contribution in [3.8, 4) is 34.1 Å². The van der Waals surface area contributed by atoms with Gasteiger partial charge in [0.05, 0.1) is 28.1 Å². The van der Waals surface area contributed by atoms with Crippen molar-refractivity contribution in [2.75, 3.05) is 0 Å². The van der Waals surface area contributed by atoms with Gasteiger partial charge in [0, 0.05) is 34.7 Å². The summed E-state index contributed by atoms with van der Waals surface area (Å²) in [6.45, 7) is 13.4. The molecule has 4 aromatic carbocycles. The summed E-state index contributed by atoms with van der Waals surface area (Å²) in [5.41, 5.74) is 12.0. The van der Waals surface area contributed by atoms with Crippen LogP contribution in [0, 0.1) is 0 Å². The number of rotatable bonds is 12. The predicted octanol–water partition coefficient (Wildman–Crippen LogP) is 12.0. The monoisotopic (exact) mass is 660 g/mol. The summed E-state index contributed by atoms with van der Waals surface area (Å²) in [5.74, 6) is 2.84. The van der Waals surface area contributed by atoms with Crippen LogP contribution in [0.3, 0.4) is 0 Å². The first kappa shape index (κ1) is 33.3. The second-order valence-electron chi connectivity index (χ2n) is 13.4. The van der Waals surface area contributed by atoms with Crippen LogP contribution in [-0.2, 0) is 25.7 Å². The minimum atomic E-state index is 0.327. The highest BCUT2D eigenvalue weighted by atomic mass is 16.5. The second kappa shape index (κ2) is 14.4. The zero-order valence-corrected chi connectivity index (χ0v) is 30.3. The zero-order valence-electron chi connectivity index (χ0n) is 30.3. The summed E-state index contributed by atoms with van der Waals surface area (Å²) in [5, 5.41) is 7.74. The van der Waals surface area contributed by atoms with Crippen LogP contribution in [0.25, 0.3) is 44.4 Å². The quantitative estimate of drug-likeness (QED) is 0.131. The van der Waals surface area contributed by atoms with Crippen LogP contribution in [0.5, 0.6) is 11.5 Å². The third kappa shape index (κ3) is 6.22. The molecule has 50 heavy (non-hydrogen) atoms. The van der Waals surface area contributed by atoms with Gasteiger partial charge in [0.25, 0.3) is 0 Å². The van der Waals surface area contributed by atoms with E-state index in [1.165, 1.54) is 44.3 Å². The lowest BCUT2D eigenvalue weighted by atomic mass is 9.92. The molecular weight excluding hydrogens is 613 g/mol. The number of pyridine rings is 1. The number of aromatic nitrogens is 4. The molecule has 0 spiro atoms. The summed E-state index contributed by atoms with van der Waals surface area (Å²) in [6, 6.07) is 35.0. The number of hydrogen-bond acceptors (Lipinski definition) is 3. The zero-order chi connectivity index (χ0) is 34.8. The Balaban J connectivity index is 1.35. The molecular formula is C45H48N4O. The molecule has 0 aliphatic carbocycles. The number of ether oxygens (including phenoxy) is 1. The van der Waals surface area contributed by atoms with Crippen LogP contribution < -0.4 is 4.74 Å². The van der Waals surface area contributed by atoms with Gasteiger partial charge < -0.3 is 4.74 Å². The molecule has 0 aliphatic heterocycles. The minimum absolute atomic E-state index is 0.327. The van der Waals surface area contributed by atoms with Crippen LogP contribution in [0.15, 0.2) is 103 Å². The lowest BCUT2D eigenvalue weighted by molar-refractivity contribution is 0.482. The first-order chi connectivity index (χ1) is 24.5. The first-order valence-corrected chi connectivity index (χ1v) is 18.5. The lowest BCUT2D eigenvalue weighted by Gasteiger charge is -2.17. The maximum absolute atomic E-state index is 6.77. The Morgan fingerprint density at radius 1 is 0.680 bits per heavy atom. The van der Waals surface area contributed by atoms with Crippen molar-refractivity contribution in [1.29, 1.82) is 0 Å². The molecule has 3 aromatic heterocycles. The van der Waals surface area contributed by atoms with Crippen molar-refractivity contribution in [2.45, 2.75) is 86.0 Å². The van der Waals surface area contributed by atoms with Crippen LogP contribution >= 0.6 is 0 Å². The van der Waals surface area contributed by atoms with Crippen molar-refractivity contribution in [1.82, 2.24) is 19.3 Å². The number of fused-ring (bicyclic) bond motifs is 3. The molecule has 5 nitrogen and oxygen atoms in total. The molecule has 0 bridgehead atoms. The molecule has 254 valence electrons. The Morgan fingerprint density at radius 3 is 2.18 bits per heavy atom. The highest BCUT2D eigenvalue weighted by Gasteiger charge is 2.24. The third-order valence-electron chi connectivity index (χ3n) is 10.1. The minimum Gasteiger partial charge on any atom is -0.457 e. The van der Waals surface area contributed by atoms with Gasteiger partial charge in [-0.2, -0.15) is 5.10 Å². The molecule has 0 saturated carbocycles. The molecule has 1 unspecified atom stereocenters. The standard InChI is InChI=1S/C45H48N4O/c1-7-14-40-44(34-19-17-31(9-3)18-20-34)45(30(6)8-2)49(47-40)35-25-33(11-5)26-37(28-35)50-36-21-22-39-38-15-12-13-16-41(38)48(42(39)29-36)43-27-32(10-4)23-24-46-43/h12-13,15-30H,7-11,14H2,1-6H3. The van der Waals surface area contributed by atoms with E-state index in [-0.39, 0.29) is 0 Å². The lowest BCUT2D eigenvalue weighted by Crippen LogP contribution is -2.07. The highest BCUT2D eigenvalue weighted by Crippen LogP contribution is 2.39. The fourth-order valence-electron chi connectivity index (χ4n) is 7.19. The molecule has 0 radical (unpaired) electrons. The normalized spacial score (nSPS) is 12.2. The number of aryl methyl sites for hydroxylation is 4. The molecule has 0 amide bonds. The summed E-state index contributed by atoms with van der Waals surface area (Å²) in [6.07, 6.45) is 7.79. The van der Waals surface area contributed by atoms with E-state index >= 15 is 0 Å². The van der Waals surface area contributed by atoms with Gasteiger partial charge in [0.1, 0.15) is 17.3 Å². The fourth-order valence-corrected chi connectivity index (χ4v) is 7.19. The first-order valence-electron chi connectivity index (χ1n) is 18.5. The largest absolute Gasteiger partial charge is 0.457 e. The molecule has 0 fully saturated rings. The molecule has 7 rings (SSSR count). The van der Waals surface area contributed by atoms with E-state index in [9.17, 15) is 0 Å². The van der Waals surface area contributed by atoms with Crippen molar-refractivity contribution < 1.29 is 4.74 Å². The Morgan fingerprint density at radius 2 is 1.44 bits per heavy atom. The number of para-hydroxylation sites is 1. The summed E-state index contributed by atoms with van der Waals surface area (Å²) >= 11 is 0. The Hall–Kier alpha value is -5.16. The van der Waals surface area contributed by atoms with E-state index in [0.717, 1.165) is 78.3 Å². The van der Waals surface area contributed by atoms with Crippen molar-refractivity contribution in [3.63, 3.8) is 0 Å². The summed E-state index contributed by atoms with van der Waals surface area (Å²) < 4.78 is 11.2. The van der Waals surface area contributed by atoms with E-state index in [1.54, 1.807) is 0 Å². The Bertz CT molecular complexity index is 2270. The average Bonchev–Trinajstić information content (AvgIpc) is 3.70. The molecule has 0 N–H and O–H groups in total. The number of hydrogen-bond donors (Lipinski definition) is 0. The SMILES string of the molecule is CCCc1nn(-c2cc(CC)cc(Oc3ccc4c5ccccc5n(-c5cc(CC)ccn5)c4c3)c2)c(C(C)CC)c1-c1ccc(CC)cc1. The molecule has 3 heterocycles. The van der Waals surface area contributed by atoms with Crippen LogP contribution in [0.1, 0.15) is 88.4 Å². The fraction of sp³-hybridized carbons (Fsp3) is 0.289. The molecule has 0 aliphatic rings. The topological polar surface area (TPSA) is 44.9 Å². The summed E-state index contributed by atoms with van der Waals surface area (Å²) in [7, 11) is 0. The maximum Gasteiger partial charge on any atom is 0.137 e. The van der Waals surface area contributed by atoms with E-state index in [2.05, 4.69) is 148 Å². The van der Waals surface area contributed by atoms with Gasteiger partial charge in [-0.05, 0) is 103 Å². The van der Waals surface area contributed by atoms with E-state index in [1.807, 2.05) is 6.20 Å². The van der Waals surface area contributed by atoms with Gasteiger partial charge in [0.2, 0.25) is 0 Å². The average molecular weight is 661 g/mol. The van der Waals surface area contributed by atoms with Gasteiger partial charge in [-0.15, -0.1) is 0 Å².